The number of hydrogen-bond acceptors (Lipinski definition) is 5. The van der Waals surface area contributed by atoms with Gasteiger partial charge in [0.25, 0.3) is 5.91 Å². The normalized spacial score (nSPS) is 13.8. The van der Waals surface area contributed by atoms with Gasteiger partial charge in [0, 0.05) is 58.4 Å². The quantitative estimate of drug-likeness (QED) is 0.176. The fourth-order valence-electron chi connectivity index (χ4n) is 5.31. The predicted octanol–water partition coefficient (Wildman–Crippen LogP) is 7.18. The Bertz CT molecular complexity index is 1730. The molecule has 3 N–H and O–H groups in total. The highest BCUT2D eigenvalue weighted by molar-refractivity contribution is 7.99. The van der Waals surface area contributed by atoms with E-state index in [9.17, 15) is 18.0 Å². The highest BCUT2D eigenvalue weighted by Crippen LogP contribution is 2.39. The molecule has 0 atom stereocenters. The minimum atomic E-state index is -4.55. The highest BCUT2D eigenvalue weighted by atomic mass is 32.2. The molecule has 1 saturated heterocycles. The Balaban J connectivity index is 1.18. The second kappa shape index (κ2) is 12.5. The molecule has 1 aliphatic rings. The van der Waals surface area contributed by atoms with Gasteiger partial charge in [-0.25, -0.2) is 0 Å². The van der Waals surface area contributed by atoms with E-state index in [-0.39, 0.29) is 11.4 Å². The number of benzene rings is 4. The molecule has 0 saturated carbocycles. The molecule has 1 fully saturated rings. The largest absolute Gasteiger partial charge is 0.418 e. The standard InChI is InChI=1S/C33H30F3N5OS/c34-33(35,36)27-20-23(11-15-30(27)41-18-16-37-17-19-41)38-32(42)26-8-4-5-9-31(26)43-24-12-13-25-28(39-40-29(25)21-24)14-10-22-6-2-1-3-7-22/h1-9,11-13,15,20-21,37H,10,14,16-19H2,(H,38,42)(H,39,40). The second-order valence-electron chi connectivity index (χ2n) is 10.4. The lowest BCUT2D eigenvalue weighted by atomic mass is 10.1. The SMILES string of the molecule is O=C(Nc1ccc(N2CCNCC2)c(C(F)(F)F)c1)c1ccccc1Sc1ccc2c(CCc3ccccc3)[nH]nc2c1. The summed E-state index contributed by atoms with van der Waals surface area (Å²) in [5, 5.41) is 14.6. The fraction of sp³-hybridized carbons (Fsp3) is 0.212. The van der Waals surface area contributed by atoms with Gasteiger partial charge in [0.05, 0.1) is 16.6 Å². The lowest BCUT2D eigenvalue weighted by Crippen LogP contribution is -2.44. The number of carbonyl (C=O) groups is 1. The van der Waals surface area contributed by atoms with Crippen molar-refractivity contribution >= 4 is 39.9 Å². The first-order chi connectivity index (χ1) is 20.8. The molecule has 0 unspecified atom stereocenters. The van der Waals surface area contributed by atoms with Crippen LogP contribution in [0.15, 0.2) is 101 Å². The van der Waals surface area contributed by atoms with Crippen LogP contribution in [0, 0.1) is 0 Å². The number of anilines is 2. The predicted molar refractivity (Wildman–Crippen MR) is 165 cm³/mol. The first kappa shape index (κ1) is 28.8. The molecule has 1 aliphatic heterocycles. The fourth-order valence-corrected chi connectivity index (χ4v) is 6.28. The van der Waals surface area contributed by atoms with Gasteiger partial charge in [-0.3, -0.25) is 9.89 Å². The molecule has 10 heteroatoms. The van der Waals surface area contributed by atoms with E-state index in [1.54, 1.807) is 17.0 Å². The van der Waals surface area contributed by atoms with Crippen molar-refractivity contribution in [3.8, 4) is 0 Å². The maximum Gasteiger partial charge on any atom is 0.418 e. The monoisotopic (exact) mass is 601 g/mol. The molecule has 1 aromatic heterocycles. The van der Waals surface area contributed by atoms with Crippen LogP contribution in [0.4, 0.5) is 24.5 Å². The van der Waals surface area contributed by atoms with Crippen molar-refractivity contribution in [2.24, 2.45) is 0 Å². The number of aromatic nitrogens is 2. The molecule has 2 heterocycles. The van der Waals surface area contributed by atoms with Crippen LogP contribution in [0.25, 0.3) is 10.9 Å². The summed E-state index contributed by atoms with van der Waals surface area (Å²) in [6, 6.07) is 27.4. The molecule has 4 aromatic carbocycles. The van der Waals surface area contributed by atoms with E-state index in [2.05, 4.69) is 33.0 Å². The van der Waals surface area contributed by atoms with Crippen LogP contribution in [-0.4, -0.2) is 42.3 Å². The molecule has 0 radical (unpaired) electrons. The molecule has 43 heavy (non-hydrogen) atoms. The van der Waals surface area contributed by atoms with E-state index in [0.29, 0.717) is 36.6 Å². The summed E-state index contributed by atoms with van der Waals surface area (Å²) in [6.07, 6.45) is -2.82. The smallest absolute Gasteiger partial charge is 0.368 e. The maximum absolute atomic E-state index is 14.0. The van der Waals surface area contributed by atoms with E-state index < -0.39 is 17.6 Å². The van der Waals surface area contributed by atoms with Crippen molar-refractivity contribution in [2.45, 2.75) is 28.8 Å². The first-order valence-electron chi connectivity index (χ1n) is 14.1. The Labute approximate surface area is 251 Å². The third kappa shape index (κ3) is 6.71. The number of hydrogen-bond donors (Lipinski definition) is 3. The zero-order valence-electron chi connectivity index (χ0n) is 23.2. The first-order valence-corrected chi connectivity index (χ1v) is 14.9. The van der Waals surface area contributed by atoms with Gasteiger partial charge in [-0.05, 0) is 66.9 Å². The highest BCUT2D eigenvalue weighted by Gasteiger charge is 2.35. The Morgan fingerprint density at radius 2 is 1.67 bits per heavy atom. The Hall–Kier alpha value is -4.28. The third-order valence-electron chi connectivity index (χ3n) is 7.49. The van der Waals surface area contributed by atoms with E-state index in [1.807, 2.05) is 48.5 Å². The molecular weight excluding hydrogens is 571 g/mol. The topological polar surface area (TPSA) is 73.1 Å². The Kier molecular flexibility index (Phi) is 8.40. The van der Waals surface area contributed by atoms with Crippen LogP contribution in [0.3, 0.4) is 0 Å². The van der Waals surface area contributed by atoms with E-state index in [0.717, 1.165) is 40.4 Å². The van der Waals surface area contributed by atoms with E-state index in [4.69, 9.17) is 0 Å². The maximum atomic E-state index is 14.0. The van der Waals surface area contributed by atoms with Crippen LogP contribution in [0.2, 0.25) is 0 Å². The average Bonchev–Trinajstić information content (AvgIpc) is 3.43. The number of nitrogens with one attached hydrogen (secondary N) is 3. The molecule has 0 bridgehead atoms. The summed E-state index contributed by atoms with van der Waals surface area (Å²) >= 11 is 1.41. The molecule has 220 valence electrons. The number of aryl methyl sites for hydroxylation is 2. The van der Waals surface area contributed by atoms with Crippen LogP contribution in [0.5, 0.6) is 0 Å². The van der Waals surface area contributed by atoms with Crippen molar-refractivity contribution in [1.29, 1.82) is 0 Å². The minimum absolute atomic E-state index is 0.0944. The number of piperazine rings is 1. The summed E-state index contributed by atoms with van der Waals surface area (Å²) in [6.45, 7) is 2.20. The summed E-state index contributed by atoms with van der Waals surface area (Å²) in [5.74, 6) is -0.477. The van der Waals surface area contributed by atoms with Gasteiger partial charge in [0.1, 0.15) is 0 Å². The number of carbonyl (C=O) groups excluding carboxylic acids is 1. The number of rotatable bonds is 8. The number of H-pyrrole nitrogens is 1. The summed E-state index contributed by atoms with van der Waals surface area (Å²) < 4.78 is 42.1. The average molecular weight is 602 g/mol. The molecular formula is C33H30F3N5OS. The molecule has 0 aliphatic carbocycles. The molecule has 6 nitrogen and oxygen atoms in total. The zero-order chi connectivity index (χ0) is 29.8. The van der Waals surface area contributed by atoms with E-state index in [1.165, 1.54) is 29.5 Å². The van der Waals surface area contributed by atoms with Gasteiger partial charge < -0.3 is 15.5 Å². The number of nitrogens with zero attached hydrogens (tertiary/aromatic N) is 2. The number of fused-ring (bicyclic) bond motifs is 1. The number of alkyl halides is 3. The third-order valence-corrected chi connectivity index (χ3v) is 8.55. The van der Waals surface area contributed by atoms with Gasteiger partial charge in [-0.1, -0.05) is 54.2 Å². The summed E-state index contributed by atoms with van der Waals surface area (Å²) in [7, 11) is 0. The van der Waals surface area contributed by atoms with Crippen LogP contribution in [-0.2, 0) is 19.0 Å². The van der Waals surface area contributed by atoms with Gasteiger partial charge in [0.2, 0.25) is 0 Å². The number of amides is 1. The molecule has 1 amide bonds. The van der Waals surface area contributed by atoms with Crippen LogP contribution < -0.4 is 15.5 Å². The van der Waals surface area contributed by atoms with Gasteiger partial charge in [-0.15, -0.1) is 0 Å². The zero-order valence-corrected chi connectivity index (χ0v) is 24.1. The lowest BCUT2D eigenvalue weighted by Gasteiger charge is -2.31. The van der Waals surface area contributed by atoms with Crippen LogP contribution in [0.1, 0.15) is 27.2 Å². The second-order valence-corrected chi connectivity index (χ2v) is 11.5. The van der Waals surface area contributed by atoms with Crippen molar-refractivity contribution in [3.05, 3.63) is 113 Å². The van der Waals surface area contributed by atoms with Crippen molar-refractivity contribution in [3.63, 3.8) is 0 Å². The number of aromatic amines is 1. The summed E-state index contributed by atoms with van der Waals surface area (Å²) in [4.78, 5) is 16.6. The van der Waals surface area contributed by atoms with Gasteiger partial charge in [-0.2, -0.15) is 18.3 Å². The van der Waals surface area contributed by atoms with Gasteiger partial charge >= 0.3 is 6.18 Å². The van der Waals surface area contributed by atoms with Crippen molar-refractivity contribution in [2.75, 3.05) is 36.4 Å². The molecule has 6 rings (SSSR count). The Morgan fingerprint density at radius 1 is 0.907 bits per heavy atom. The van der Waals surface area contributed by atoms with Crippen molar-refractivity contribution in [1.82, 2.24) is 15.5 Å². The van der Waals surface area contributed by atoms with E-state index >= 15 is 0 Å². The van der Waals surface area contributed by atoms with Crippen LogP contribution >= 0.6 is 11.8 Å². The summed E-state index contributed by atoms with van der Waals surface area (Å²) in [5.41, 5.74) is 2.99. The lowest BCUT2D eigenvalue weighted by molar-refractivity contribution is -0.137. The Morgan fingerprint density at radius 3 is 2.47 bits per heavy atom. The molecule has 0 spiro atoms. The minimum Gasteiger partial charge on any atom is -0.368 e. The number of halogens is 3. The van der Waals surface area contributed by atoms with Gasteiger partial charge in [0.15, 0.2) is 0 Å². The van der Waals surface area contributed by atoms with Crippen molar-refractivity contribution < 1.29 is 18.0 Å². The molecule has 5 aromatic rings.